The van der Waals surface area contributed by atoms with Crippen LogP contribution in [0, 0.1) is 6.92 Å². The van der Waals surface area contributed by atoms with Gasteiger partial charge in [0.15, 0.2) is 0 Å². The summed E-state index contributed by atoms with van der Waals surface area (Å²) in [4.78, 5) is 26.6. The van der Waals surface area contributed by atoms with Crippen molar-refractivity contribution in [3.05, 3.63) is 40.3 Å². The molecule has 146 valence electrons. The molecule has 0 spiro atoms. The molecule has 0 saturated carbocycles. The van der Waals surface area contributed by atoms with E-state index >= 15 is 0 Å². The fourth-order valence-electron chi connectivity index (χ4n) is 2.39. The second-order valence-corrected chi connectivity index (χ2v) is 6.24. The van der Waals surface area contributed by atoms with Crippen molar-refractivity contribution in [2.75, 3.05) is 20.6 Å². The van der Waals surface area contributed by atoms with Gasteiger partial charge in [0.2, 0.25) is 0 Å². The van der Waals surface area contributed by atoms with E-state index in [1.165, 1.54) is 10.2 Å². The largest absolute Gasteiger partial charge is 0.490 e. The molecule has 1 aromatic carbocycles. The Morgan fingerprint density at radius 2 is 1.93 bits per heavy atom. The van der Waals surface area contributed by atoms with E-state index in [0.717, 1.165) is 22.8 Å². The Morgan fingerprint density at radius 1 is 1.30 bits per heavy atom. The molecule has 7 nitrogen and oxygen atoms in total. The third-order valence-corrected chi connectivity index (χ3v) is 3.77. The smallest absolute Gasteiger partial charge is 0.475 e. The second-order valence-electron chi connectivity index (χ2n) is 6.24. The number of nitrogens with one attached hydrogen (secondary N) is 1. The number of rotatable bonds is 3. The van der Waals surface area contributed by atoms with Crippen molar-refractivity contribution < 1.29 is 23.1 Å². The van der Waals surface area contributed by atoms with Gasteiger partial charge in [0, 0.05) is 22.8 Å². The molecule has 27 heavy (non-hydrogen) atoms. The highest BCUT2D eigenvalue weighted by Crippen LogP contribution is 2.23. The molecule has 0 fully saturated rings. The van der Waals surface area contributed by atoms with E-state index < -0.39 is 12.1 Å². The van der Waals surface area contributed by atoms with E-state index in [9.17, 15) is 18.0 Å². The number of carboxylic acids is 1. The lowest BCUT2D eigenvalue weighted by atomic mass is 10.1. The van der Waals surface area contributed by atoms with Gasteiger partial charge in [-0.05, 0) is 33.2 Å². The van der Waals surface area contributed by atoms with Crippen LogP contribution in [0.3, 0.4) is 0 Å². The minimum Gasteiger partial charge on any atom is -0.475 e. The van der Waals surface area contributed by atoms with E-state index in [0.29, 0.717) is 12.1 Å². The fraction of sp³-hybridized carbons (Fsp3) is 0.353. The van der Waals surface area contributed by atoms with Crippen molar-refractivity contribution in [3.63, 3.8) is 0 Å². The number of hydrogen-bond acceptors (Lipinski definition) is 4. The summed E-state index contributed by atoms with van der Waals surface area (Å²) < 4.78 is 33.3. The van der Waals surface area contributed by atoms with Crippen molar-refractivity contribution in [2.24, 2.45) is 0 Å². The number of hydrogen-bond donors (Lipinski definition) is 2. The van der Waals surface area contributed by atoms with Crippen LogP contribution < -0.4 is 5.56 Å². The summed E-state index contributed by atoms with van der Waals surface area (Å²) in [7, 11) is 3.96. The number of carbonyl (C=O) groups is 1. The van der Waals surface area contributed by atoms with Crippen molar-refractivity contribution in [3.8, 4) is 0 Å². The SMILES string of the molecule is Cc1ccc2[nH]c3c(=O)n(CCN(C)C)ncc3c2c1.O=C(O)C(F)(F)F. The van der Waals surface area contributed by atoms with Crippen LogP contribution in [0.2, 0.25) is 0 Å². The lowest BCUT2D eigenvalue weighted by molar-refractivity contribution is -0.192. The standard InChI is InChI=1S/C15H18N4O.C2HF3O2/c1-10-4-5-13-11(8-10)12-9-16-19(7-6-18(2)3)15(20)14(12)17-13;3-2(4,5)1(6)7/h4-5,8-9,17H,6-7H2,1-3H3;(H,6,7). The molecular weight excluding hydrogens is 365 g/mol. The van der Waals surface area contributed by atoms with Crippen LogP contribution in [0.5, 0.6) is 0 Å². The molecule has 3 aromatic rings. The van der Waals surface area contributed by atoms with E-state index in [1.54, 1.807) is 6.20 Å². The Morgan fingerprint density at radius 3 is 2.48 bits per heavy atom. The molecule has 0 aliphatic heterocycles. The summed E-state index contributed by atoms with van der Waals surface area (Å²) >= 11 is 0. The maximum atomic E-state index is 12.4. The number of aromatic nitrogens is 3. The number of aromatic amines is 1. The van der Waals surface area contributed by atoms with Crippen molar-refractivity contribution >= 4 is 27.8 Å². The molecule has 0 saturated heterocycles. The zero-order chi connectivity index (χ0) is 20.4. The zero-order valence-electron chi connectivity index (χ0n) is 15.0. The number of carboxylic acid groups (broad SMARTS) is 1. The number of fused-ring (bicyclic) bond motifs is 3. The van der Waals surface area contributed by atoms with Crippen LogP contribution in [0.15, 0.2) is 29.2 Å². The lowest BCUT2D eigenvalue weighted by Crippen LogP contribution is -2.28. The first kappa shape index (κ1) is 20.4. The molecule has 3 rings (SSSR count). The minimum absolute atomic E-state index is 0.0572. The van der Waals surface area contributed by atoms with E-state index in [-0.39, 0.29) is 5.56 Å². The van der Waals surface area contributed by atoms with Crippen LogP contribution in [-0.4, -0.2) is 57.6 Å². The van der Waals surface area contributed by atoms with E-state index in [4.69, 9.17) is 9.90 Å². The van der Waals surface area contributed by atoms with Gasteiger partial charge in [0.1, 0.15) is 5.52 Å². The number of benzene rings is 1. The van der Waals surface area contributed by atoms with Gasteiger partial charge in [0.25, 0.3) is 5.56 Å². The maximum Gasteiger partial charge on any atom is 0.490 e. The number of halogens is 3. The first-order valence-corrected chi connectivity index (χ1v) is 7.93. The van der Waals surface area contributed by atoms with Crippen LogP contribution in [0.4, 0.5) is 13.2 Å². The van der Waals surface area contributed by atoms with Gasteiger partial charge in [-0.3, -0.25) is 4.79 Å². The van der Waals surface area contributed by atoms with Crippen LogP contribution in [-0.2, 0) is 11.3 Å². The Hall–Kier alpha value is -2.88. The van der Waals surface area contributed by atoms with E-state index in [1.807, 2.05) is 38.1 Å². The lowest BCUT2D eigenvalue weighted by Gasteiger charge is -2.09. The summed E-state index contributed by atoms with van der Waals surface area (Å²) in [6.45, 7) is 3.43. The monoisotopic (exact) mass is 384 g/mol. The highest BCUT2D eigenvalue weighted by atomic mass is 19.4. The second kappa shape index (κ2) is 7.78. The molecule has 2 aromatic heterocycles. The molecule has 0 amide bonds. The molecule has 0 bridgehead atoms. The quantitative estimate of drug-likeness (QED) is 0.724. The molecule has 0 unspecified atom stereocenters. The molecular formula is C17H19F3N4O3. The average Bonchev–Trinajstić information content (AvgIpc) is 2.92. The summed E-state index contributed by atoms with van der Waals surface area (Å²) in [5, 5.41) is 13.4. The first-order valence-electron chi connectivity index (χ1n) is 7.93. The number of aryl methyl sites for hydroxylation is 1. The molecule has 0 aliphatic rings. The van der Waals surface area contributed by atoms with Crippen molar-refractivity contribution in [1.82, 2.24) is 19.7 Å². The number of alkyl halides is 3. The Bertz CT molecular complexity index is 1020. The maximum absolute atomic E-state index is 12.4. The number of aliphatic carboxylic acids is 1. The third kappa shape index (κ3) is 4.85. The molecule has 0 radical (unpaired) electrons. The molecule has 2 N–H and O–H groups in total. The Balaban J connectivity index is 0.000000321. The van der Waals surface area contributed by atoms with Gasteiger partial charge in [-0.2, -0.15) is 18.3 Å². The van der Waals surface area contributed by atoms with Gasteiger partial charge in [0.05, 0.1) is 12.7 Å². The van der Waals surface area contributed by atoms with Gasteiger partial charge >= 0.3 is 12.1 Å². The Kier molecular flexibility index (Phi) is 5.89. The molecule has 0 atom stereocenters. The Labute approximate surface area is 152 Å². The molecule has 2 heterocycles. The van der Waals surface area contributed by atoms with Gasteiger partial charge in [-0.25, -0.2) is 9.48 Å². The summed E-state index contributed by atoms with van der Waals surface area (Å²) in [6, 6.07) is 6.13. The highest BCUT2D eigenvalue weighted by molar-refractivity contribution is 6.06. The highest BCUT2D eigenvalue weighted by Gasteiger charge is 2.38. The molecule has 0 aliphatic carbocycles. The predicted molar refractivity (Wildman–Crippen MR) is 94.8 cm³/mol. The number of H-pyrrole nitrogens is 1. The normalized spacial score (nSPS) is 11.7. The zero-order valence-corrected chi connectivity index (χ0v) is 15.0. The van der Waals surface area contributed by atoms with Crippen molar-refractivity contribution in [2.45, 2.75) is 19.6 Å². The third-order valence-electron chi connectivity index (χ3n) is 3.77. The average molecular weight is 384 g/mol. The van der Waals surface area contributed by atoms with Crippen LogP contribution in [0.1, 0.15) is 5.56 Å². The van der Waals surface area contributed by atoms with Crippen molar-refractivity contribution in [1.29, 1.82) is 0 Å². The summed E-state index contributed by atoms with van der Waals surface area (Å²) in [5.41, 5.74) is 2.74. The van der Waals surface area contributed by atoms with Crippen LogP contribution >= 0.6 is 0 Å². The number of likely N-dealkylation sites (N-methyl/N-ethyl adjacent to an activating group) is 1. The fourth-order valence-corrected chi connectivity index (χ4v) is 2.39. The van der Waals surface area contributed by atoms with Gasteiger partial charge < -0.3 is 15.0 Å². The van der Waals surface area contributed by atoms with Gasteiger partial charge in [-0.1, -0.05) is 11.6 Å². The van der Waals surface area contributed by atoms with Gasteiger partial charge in [-0.15, -0.1) is 0 Å². The summed E-state index contributed by atoms with van der Waals surface area (Å²) in [5.74, 6) is -2.76. The first-order chi connectivity index (χ1) is 12.5. The molecule has 10 heteroatoms. The van der Waals surface area contributed by atoms with E-state index in [2.05, 4.69) is 16.1 Å². The minimum atomic E-state index is -5.08. The topological polar surface area (TPSA) is 91.2 Å². The van der Waals surface area contributed by atoms with Crippen LogP contribution in [0.25, 0.3) is 21.8 Å². The summed E-state index contributed by atoms with van der Waals surface area (Å²) in [6.07, 6.45) is -3.30. The number of nitrogens with zero attached hydrogens (tertiary/aromatic N) is 3. The predicted octanol–water partition coefficient (Wildman–Crippen LogP) is 2.38.